The smallest absolute Gasteiger partial charge is 0.228 e. The van der Waals surface area contributed by atoms with Gasteiger partial charge in [0, 0.05) is 24.4 Å². The van der Waals surface area contributed by atoms with Crippen LogP contribution in [0.25, 0.3) is 0 Å². The number of methoxy groups -OCH3 is 1. The highest BCUT2D eigenvalue weighted by Crippen LogP contribution is 2.28. The second-order valence-corrected chi connectivity index (χ2v) is 6.43. The van der Waals surface area contributed by atoms with E-state index >= 15 is 0 Å². The lowest BCUT2D eigenvalue weighted by Crippen LogP contribution is -2.26. The highest BCUT2D eigenvalue weighted by molar-refractivity contribution is 7.14. The molecule has 25 heavy (non-hydrogen) atoms. The standard InChI is InChI=1S/C18H22N2O4S/c1-12-11-25-18(19-12)20(3)17(22)6-5-9-24-15-8-7-14(13(2)21)10-16(15)23-4/h7-8,10-11H,5-6,9H2,1-4H3. The van der Waals surface area contributed by atoms with E-state index in [1.54, 1.807) is 30.1 Å². The molecule has 0 saturated heterocycles. The zero-order valence-corrected chi connectivity index (χ0v) is 15.7. The lowest BCUT2D eigenvalue weighted by Gasteiger charge is -2.14. The molecule has 0 atom stereocenters. The molecule has 1 aromatic heterocycles. The topological polar surface area (TPSA) is 68.7 Å². The number of aryl methyl sites for hydroxylation is 1. The van der Waals surface area contributed by atoms with E-state index in [0.29, 0.717) is 41.6 Å². The average molecular weight is 362 g/mol. The maximum atomic E-state index is 12.2. The molecule has 0 fully saturated rings. The summed E-state index contributed by atoms with van der Waals surface area (Å²) in [5, 5.41) is 2.61. The van der Waals surface area contributed by atoms with Crippen LogP contribution in [0.1, 0.15) is 35.8 Å². The van der Waals surface area contributed by atoms with E-state index in [4.69, 9.17) is 9.47 Å². The number of carbonyl (C=O) groups excluding carboxylic acids is 2. The fourth-order valence-electron chi connectivity index (χ4n) is 2.18. The van der Waals surface area contributed by atoms with Gasteiger partial charge in [-0.25, -0.2) is 4.98 Å². The normalized spacial score (nSPS) is 10.4. The SMILES string of the molecule is COc1cc(C(C)=O)ccc1OCCCC(=O)N(C)c1nc(C)cs1. The second kappa shape index (κ2) is 8.62. The number of rotatable bonds is 8. The van der Waals surface area contributed by atoms with E-state index in [0.717, 1.165) is 5.69 Å². The molecule has 1 amide bonds. The van der Waals surface area contributed by atoms with Crippen LogP contribution < -0.4 is 14.4 Å². The molecule has 134 valence electrons. The Bertz CT molecular complexity index is 757. The van der Waals surface area contributed by atoms with E-state index in [9.17, 15) is 9.59 Å². The van der Waals surface area contributed by atoms with Crippen LogP contribution in [-0.4, -0.2) is 37.4 Å². The molecule has 0 aliphatic rings. The summed E-state index contributed by atoms with van der Waals surface area (Å²) < 4.78 is 10.9. The number of hydrogen-bond acceptors (Lipinski definition) is 6. The van der Waals surface area contributed by atoms with Crippen LogP contribution in [0.2, 0.25) is 0 Å². The van der Waals surface area contributed by atoms with Gasteiger partial charge in [-0.15, -0.1) is 11.3 Å². The van der Waals surface area contributed by atoms with Crippen molar-refractivity contribution in [1.82, 2.24) is 4.98 Å². The lowest BCUT2D eigenvalue weighted by molar-refractivity contribution is -0.118. The largest absolute Gasteiger partial charge is 0.493 e. The van der Waals surface area contributed by atoms with Gasteiger partial charge in [-0.3, -0.25) is 14.5 Å². The Hall–Kier alpha value is -2.41. The van der Waals surface area contributed by atoms with Gasteiger partial charge in [0.2, 0.25) is 5.91 Å². The van der Waals surface area contributed by atoms with Gasteiger partial charge in [-0.1, -0.05) is 0 Å². The van der Waals surface area contributed by atoms with Crippen LogP contribution >= 0.6 is 11.3 Å². The van der Waals surface area contributed by atoms with Gasteiger partial charge in [-0.2, -0.15) is 0 Å². The first-order chi connectivity index (χ1) is 11.9. The Morgan fingerprint density at radius 1 is 1.28 bits per heavy atom. The summed E-state index contributed by atoms with van der Waals surface area (Å²) in [5.41, 5.74) is 1.48. The third-order valence-corrected chi connectivity index (χ3v) is 4.67. The Morgan fingerprint density at radius 2 is 2.04 bits per heavy atom. The van der Waals surface area contributed by atoms with Crippen molar-refractivity contribution in [3.05, 3.63) is 34.8 Å². The zero-order chi connectivity index (χ0) is 18.4. The predicted molar refractivity (Wildman–Crippen MR) is 98.0 cm³/mol. The summed E-state index contributed by atoms with van der Waals surface area (Å²) >= 11 is 1.45. The fraction of sp³-hybridized carbons (Fsp3) is 0.389. The fourth-order valence-corrected chi connectivity index (χ4v) is 2.97. The van der Waals surface area contributed by atoms with Crippen molar-refractivity contribution in [2.75, 3.05) is 25.7 Å². The average Bonchev–Trinajstić information content (AvgIpc) is 3.04. The van der Waals surface area contributed by atoms with Crippen molar-refractivity contribution in [1.29, 1.82) is 0 Å². The summed E-state index contributed by atoms with van der Waals surface area (Å²) in [5.74, 6) is 1.03. The van der Waals surface area contributed by atoms with E-state index in [2.05, 4.69) is 4.98 Å². The first kappa shape index (κ1) is 18.9. The van der Waals surface area contributed by atoms with Gasteiger partial charge in [-0.05, 0) is 38.5 Å². The molecule has 0 saturated carbocycles. The monoisotopic (exact) mass is 362 g/mol. The molecule has 0 aliphatic heterocycles. The number of hydrogen-bond donors (Lipinski definition) is 0. The summed E-state index contributed by atoms with van der Waals surface area (Å²) in [4.78, 5) is 29.5. The highest BCUT2D eigenvalue weighted by atomic mass is 32.1. The molecule has 0 unspecified atom stereocenters. The molecule has 0 spiro atoms. The molecule has 0 aliphatic carbocycles. The van der Waals surface area contributed by atoms with E-state index in [1.165, 1.54) is 25.4 Å². The molecule has 1 aromatic carbocycles. The van der Waals surface area contributed by atoms with Crippen LogP contribution in [0.15, 0.2) is 23.6 Å². The van der Waals surface area contributed by atoms with Gasteiger partial charge in [0.25, 0.3) is 0 Å². The van der Waals surface area contributed by atoms with Crippen LogP contribution in [-0.2, 0) is 4.79 Å². The first-order valence-electron chi connectivity index (χ1n) is 7.93. The van der Waals surface area contributed by atoms with Gasteiger partial charge < -0.3 is 9.47 Å². The number of ketones is 1. The maximum Gasteiger partial charge on any atom is 0.228 e. The number of anilines is 1. The van der Waals surface area contributed by atoms with Crippen LogP contribution in [0.5, 0.6) is 11.5 Å². The number of Topliss-reactive ketones (excluding diaryl/α,β-unsaturated/α-hetero) is 1. The predicted octanol–water partition coefficient (Wildman–Crippen LogP) is 3.48. The molecule has 2 aromatic rings. The zero-order valence-electron chi connectivity index (χ0n) is 14.9. The van der Waals surface area contributed by atoms with Gasteiger partial charge in [0.1, 0.15) is 0 Å². The van der Waals surface area contributed by atoms with E-state index in [1.807, 2.05) is 12.3 Å². The summed E-state index contributed by atoms with van der Waals surface area (Å²) in [6, 6.07) is 5.06. The van der Waals surface area contributed by atoms with Crippen molar-refractivity contribution in [3.63, 3.8) is 0 Å². The summed E-state index contributed by atoms with van der Waals surface area (Å²) in [6.45, 7) is 3.78. The van der Waals surface area contributed by atoms with Gasteiger partial charge in [0.05, 0.1) is 19.4 Å². The highest BCUT2D eigenvalue weighted by Gasteiger charge is 2.14. The summed E-state index contributed by atoms with van der Waals surface area (Å²) in [6.07, 6.45) is 0.939. The molecule has 0 bridgehead atoms. The van der Waals surface area contributed by atoms with E-state index in [-0.39, 0.29) is 11.7 Å². The Labute approximate surface area is 151 Å². The van der Waals surface area contributed by atoms with Gasteiger partial charge >= 0.3 is 0 Å². The Morgan fingerprint density at radius 3 is 2.64 bits per heavy atom. The number of amides is 1. The second-order valence-electron chi connectivity index (χ2n) is 5.60. The molecule has 1 heterocycles. The Kier molecular flexibility index (Phi) is 6.52. The minimum Gasteiger partial charge on any atom is -0.493 e. The molecule has 0 radical (unpaired) electrons. The molecule has 2 rings (SSSR count). The number of ether oxygens (including phenoxy) is 2. The van der Waals surface area contributed by atoms with Crippen LogP contribution in [0.3, 0.4) is 0 Å². The van der Waals surface area contributed by atoms with E-state index < -0.39 is 0 Å². The van der Waals surface area contributed by atoms with Crippen molar-refractivity contribution in [2.45, 2.75) is 26.7 Å². The van der Waals surface area contributed by atoms with Crippen molar-refractivity contribution in [3.8, 4) is 11.5 Å². The third-order valence-electron chi connectivity index (χ3n) is 3.63. The molecule has 7 heteroatoms. The molecule has 0 N–H and O–H groups in total. The number of aromatic nitrogens is 1. The van der Waals surface area contributed by atoms with Crippen LogP contribution in [0.4, 0.5) is 5.13 Å². The quantitative estimate of drug-likeness (QED) is 0.531. The van der Waals surface area contributed by atoms with Crippen LogP contribution in [0, 0.1) is 6.92 Å². The van der Waals surface area contributed by atoms with Crippen molar-refractivity contribution >= 4 is 28.2 Å². The first-order valence-corrected chi connectivity index (χ1v) is 8.80. The van der Waals surface area contributed by atoms with Gasteiger partial charge in [0.15, 0.2) is 22.4 Å². The minimum absolute atomic E-state index is 0.00292. The summed E-state index contributed by atoms with van der Waals surface area (Å²) in [7, 11) is 3.26. The molecule has 6 nitrogen and oxygen atoms in total. The lowest BCUT2D eigenvalue weighted by atomic mass is 10.1. The number of nitrogens with zero attached hydrogens (tertiary/aromatic N) is 2. The van der Waals surface area contributed by atoms with Crippen molar-refractivity contribution < 1.29 is 19.1 Å². The third kappa shape index (κ3) is 5.03. The number of carbonyl (C=O) groups is 2. The molecular weight excluding hydrogens is 340 g/mol. The number of thiazole rings is 1. The molecular formula is C18H22N2O4S. The number of benzene rings is 1. The maximum absolute atomic E-state index is 12.2. The van der Waals surface area contributed by atoms with Crippen molar-refractivity contribution in [2.24, 2.45) is 0 Å². The Balaban J connectivity index is 1.84. The minimum atomic E-state index is -0.0316.